The van der Waals surface area contributed by atoms with Gasteiger partial charge in [-0.2, -0.15) is 0 Å². The van der Waals surface area contributed by atoms with Gasteiger partial charge in [0.25, 0.3) is 5.91 Å². The standard InChI is InChI=1S/C18H21N5O4S/c1-18(2)16(26)23(17(27)20-18)10-9-14(25)22-21-13(24)7-8-15-19-11-5-3-4-6-12(11)28-15/h3-6H,7-10H2,1-2H3,(H,20,27)(H,21,24)(H,22,25). The van der Waals surface area contributed by atoms with Crippen molar-refractivity contribution in [3.63, 3.8) is 0 Å². The lowest BCUT2D eigenvalue weighted by molar-refractivity contribution is -0.132. The summed E-state index contributed by atoms with van der Waals surface area (Å²) in [7, 11) is 0. The summed E-state index contributed by atoms with van der Waals surface area (Å²) in [5.41, 5.74) is 4.56. The number of para-hydroxylation sites is 1. The molecule has 0 atom stereocenters. The monoisotopic (exact) mass is 403 g/mol. The molecule has 2 aromatic rings. The molecule has 148 valence electrons. The van der Waals surface area contributed by atoms with Crippen molar-refractivity contribution in [2.45, 2.75) is 38.6 Å². The van der Waals surface area contributed by atoms with Gasteiger partial charge in [-0.25, -0.2) is 9.78 Å². The van der Waals surface area contributed by atoms with Gasteiger partial charge in [0.15, 0.2) is 0 Å². The number of aryl methyl sites for hydroxylation is 1. The third-order valence-corrected chi connectivity index (χ3v) is 5.35. The molecular weight excluding hydrogens is 382 g/mol. The van der Waals surface area contributed by atoms with E-state index >= 15 is 0 Å². The van der Waals surface area contributed by atoms with Gasteiger partial charge in [0.1, 0.15) is 5.54 Å². The Morgan fingerprint density at radius 3 is 2.46 bits per heavy atom. The fourth-order valence-corrected chi connectivity index (χ4v) is 3.71. The summed E-state index contributed by atoms with van der Waals surface area (Å²) in [6.45, 7) is 3.14. The average molecular weight is 403 g/mol. The maximum absolute atomic E-state index is 12.0. The second-order valence-corrected chi connectivity index (χ2v) is 8.05. The van der Waals surface area contributed by atoms with Crippen molar-refractivity contribution in [1.82, 2.24) is 26.1 Å². The number of imide groups is 1. The van der Waals surface area contributed by atoms with Gasteiger partial charge >= 0.3 is 6.03 Å². The molecule has 0 unspecified atom stereocenters. The first-order valence-corrected chi connectivity index (χ1v) is 9.64. The zero-order valence-corrected chi connectivity index (χ0v) is 16.4. The number of amides is 5. The molecule has 9 nitrogen and oxygen atoms in total. The van der Waals surface area contributed by atoms with E-state index in [1.165, 1.54) is 11.3 Å². The number of nitrogens with one attached hydrogen (secondary N) is 3. The van der Waals surface area contributed by atoms with E-state index in [1.54, 1.807) is 13.8 Å². The van der Waals surface area contributed by atoms with Crippen LogP contribution < -0.4 is 16.2 Å². The molecular formula is C18H21N5O4S. The summed E-state index contributed by atoms with van der Waals surface area (Å²) in [5, 5.41) is 3.39. The van der Waals surface area contributed by atoms with Crippen LogP contribution in [0.25, 0.3) is 10.2 Å². The first-order valence-electron chi connectivity index (χ1n) is 8.82. The van der Waals surface area contributed by atoms with E-state index in [9.17, 15) is 19.2 Å². The molecule has 1 aliphatic heterocycles. The van der Waals surface area contributed by atoms with Gasteiger partial charge in [-0.15, -0.1) is 11.3 Å². The summed E-state index contributed by atoms with van der Waals surface area (Å²) in [6, 6.07) is 7.22. The highest BCUT2D eigenvalue weighted by atomic mass is 32.1. The number of nitrogens with zero attached hydrogens (tertiary/aromatic N) is 2. The first-order chi connectivity index (χ1) is 13.3. The maximum atomic E-state index is 12.0. The number of rotatable bonds is 6. The maximum Gasteiger partial charge on any atom is 0.325 e. The van der Waals surface area contributed by atoms with Crippen molar-refractivity contribution in [2.24, 2.45) is 0 Å². The Bertz CT molecular complexity index is 906. The molecule has 0 bridgehead atoms. The lowest BCUT2D eigenvalue weighted by atomic mass is 10.1. The van der Waals surface area contributed by atoms with Gasteiger partial charge in [0.05, 0.1) is 15.2 Å². The van der Waals surface area contributed by atoms with E-state index in [0.717, 1.165) is 20.1 Å². The molecule has 1 aromatic heterocycles. The third-order valence-electron chi connectivity index (χ3n) is 4.25. The van der Waals surface area contributed by atoms with Crippen LogP contribution in [0.4, 0.5) is 4.79 Å². The average Bonchev–Trinajstić information content (AvgIpc) is 3.14. The van der Waals surface area contributed by atoms with Crippen LogP contribution >= 0.6 is 11.3 Å². The van der Waals surface area contributed by atoms with Crippen LogP contribution in [0.2, 0.25) is 0 Å². The summed E-state index contributed by atoms with van der Waals surface area (Å²) >= 11 is 1.53. The van der Waals surface area contributed by atoms with Crippen LogP contribution in [0, 0.1) is 0 Å². The number of fused-ring (bicyclic) bond motifs is 1. The van der Waals surface area contributed by atoms with Gasteiger partial charge in [-0.1, -0.05) is 12.1 Å². The van der Waals surface area contributed by atoms with Crippen LogP contribution in [0.5, 0.6) is 0 Å². The van der Waals surface area contributed by atoms with E-state index in [1.807, 2.05) is 24.3 Å². The number of hydrazine groups is 1. The van der Waals surface area contributed by atoms with Crippen LogP contribution in [0.3, 0.4) is 0 Å². The Morgan fingerprint density at radius 1 is 1.14 bits per heavy atom. The number of urea groups is 1. The van der Waals surface area contributed by atoms with Gasteiger partial charge in [0, 0.05) is 25.8 Å². The van der Waals surface area contributed by atoms with E-state index in [0.29, 0.717) is 6.42 Å². The van der Waals surface area contributed by atoms with Crippen molar-refractivity contribution >= 4 is 45.3 Å². The van der Waals surface area contributed by atoms with Crippen molar-refractivity contribution in [1.29, 1.82) is 0 Å². The second-order valence-electron chi connectivity index (χ2n) is 6.93. The Labute approximate surface area is 165 Å². The second kappa shape index (κ2) is 7.93. The summed E-state index contributed by atoms with van der Waals surface area (Å²) in [6.07, 6.45) is 0.549. The van der Waals surface area contributed by atoms with Crippen LogP contribution in [-0.2, 0) is 20.8 Å². The minimum atomic E-state index is -0.970. The van der Waals surface area contributed by atoms with E-state index in [2.05, 4.69) is 21.2 Å². The predicted molar refractivity (Wildman–Crippen MR) is 103 cm³/mol. The highest BCUT2D eigenvalue weighted by Crippen LogP contribution is 2.22. The van der Waals surface area contributed by atoms with Gasteiger partial charge in [-0.05, 0) is 26.0 Å². The molecule has 1 fully saturated rings. The first kappa shape index (κ1) is 19.7. The highest BCUT2D eigenvalue weighted by molar-refractivity contribution is 7.18. The van der Waals surface area contributed by atoms with Gasteiger partial charge in [0.2, 0.25) is 11.8 Å². The molecule has 10 heteroatoms. The number of benzene rings is 1. The lowest BCUT2D eigenvalue weighted by Gasteiger charge is -2.15. The van der Waals surface area contributed by atoms with Crippen molar-refractivity contribution in [3.8, 4) is 0 Å². The number of carbonyl (C=O) groups is 4. The molecule has 0 saturated carbocycles. The quantitative estimate of drug-likeness (QED) is 0.493. The molecule has 3 N–H and O–H groups in total. The molecule has 1 aromatic carbocycles. The van der Waals surface area contributed by atoms with Crippen molar-refractivity contribution < 1.29 is 19.2 Å². The molecule has 2 heterocycles. The van der Waals surface area contributed by atoms with Crippen LogP contribution in [-0.4, -0.2) is 45.7 Å². The zero-order chi connectivity index (χ0) is 20.3. The molecule has 0 aliphatic carbocycles. The Balaban J connectivity index is 1.39. The fraction of sp³-hybridized carbons (Fsp3) is 0.389. The Kier molecular flexibility index (Phi) is 5.59. The molecule has 5 amide bonds. The van der Waals surface area contributed by atoms with Gasteiger partial charge in [-0.3, -0.25) is 30.1 Å². The predicted octanol–water partition coefficient (Wildman–Crippen LogP) is 1.10. The minimum Gasteiger partial charge on any atom is -0.324 e. The van der Waals surface area contributed by atoms with Crippen LogP contribution in [0.1, 0.15) is 31.7 Å². The van der Waals surface area contributed by atoms with Crippen LogP contribution in [0.15, 0.2) is 24.3 Å². The summed E-state index contributed by atoms with van der Waals surface area (Å²) in [4.78, 5) is 53.0. The molecule has 0 spiro atoms. The van der Waals surface area contributed by atoms with Gasteiger partial charge < -0.3 is 5.32 Å². The topological polar surface area (TPSA) is 120 Å². The number of thiazole rings is 1. The van der Waals surface area contributed by atoms with E-state index < -0.39 is 17.5 Å². The molecule has 1 saturated heterocycles. The lowest BCUT2D eigenvalue weighted by Crippen LogP contribution is -2.44. The fourth-order valence-electron chi connectivity index (χ4n) is 2.75. The summed E-state index contributed by atoms with van der Waals surface area (Å²) < 4.78 is 1.06. The highest BCUT2D eigenvalue weighted by Gasteiger charge is 2.43. The molecule has 0 radical (unpaired) electrons. The zero-order valence-electron chi connectivity index (χ0n) is 15.6. The number of carbonyl (C=O) groups excluding carboxylic acids is 4. The normalized spacial score (nSPS) is 15.6. The van der Waals surface area contributed by atoms with E-state index in [-0.39, 0.29) is 31.2 Å². The Morgan fingerprint density at radius 2 is 1.82 bits per heavy atom. The molecule has 3 rings (SSSR count). The summed E-state index contributed by atoms with van der Waals surface area (Å²) in [5.74, 6) is -1.22. The smallest absolute Gasteiger partial charge is 0.324 e. The van der Waals surface area contributed by atoms with E-state index in [4.69, 9.17) is 0 Å². The molecule has 1 aliphatic rings. The largest absolute Gasteiger partial charge is 0.325 e. The third kappa shape index (κ3) is 4.45. The van der Waals surface area contributed by atoms with Crippen molar-refractivity contribution in [3.05, 3.63) is 29.3 Å². The number of hydrogen-bond donors (Lipinski definition) is 3. The number of aromatic nitrogens is 1. The Hall–Kier alpha value is -3.01. The number of hydrogen-bond acceptors (Lipinski definition) is 6. The van der Waals surface area contributed by atoms with Crippen molar-refractivity contribution in [2.75, 3.05) is 6.54 Å². The minimum absolute atomic E-state index is 0.0541. The SMILES string of the molecule is CC1(C)NC(=O)N(CCC(=O)NNC(=O)CCc2nc3ccccc3s2)C1=O. The molecule has 28 heavy (non-hydrogen) atoms.